The summed E-state index contributed by atoms with van der Waals surface area (Å²) < 4.78 is 10.9. The molecule has 63 heavy (non-hydrogen) atoms. The molecule has 0 saturated carbocycles. The number of rotatable bonds is 17. The summed E-state index contributed by atoms with van der Waals surface area (Å²) in [4.78, 5) is 99.6. The first-order chi connectivity index (χ1) is 29.9. The minimum absolute atomic E-state index is 0.0100. The Bertz CT molecular complexity index is 2560. The average Bonchev–Trinajstić information content (AvgIpc) is 3.25. The highest BCUT2D eigenvalue weighted by atomic mass is 16.6. The smallest absolute Gasteiger partial charge is 0.335 e. The van der Waals surface area contributed by atoms with E-state index in [4.69, 9.17) is 20.3 Å². The van der Waals surface area contributed by atoms with Crippen LogP contribution in [0.1, 0.15) is 65.6 Å². The van der Waals surface area contributed by atoms with Crippen LogP contribution in [0.4, 0.5) is 28.4 Å². The molecule has 5 rings (SSSR count). The Kier molecular flexibility index (Phi) is 14.5. The van der Waals surface area contributed by atoms with Gasteiger partial charge in [0, 0.05) is 53.0 Å². The van der Waals surface area contributed by atoms with E-state index < -0.39 is 70.3 Å². The van der Waals surface area contributed by atoms with Crippen molar-refractivity contribution in [2.24, 2.45) is 5.73 Å². The van der Waals surface area contributed by atoms with Gasteiger partial charge in [-0.3, -0.25) is 38.9 Å². The summed E-state index contributed by atoms with van der Waals surface area (Å²) in [6, 6.07) is 22.1. The number of non-ortho nitro benzene ring substituents is 1. The Morgan fingerprint density at radius 1 is 0.635 bits per heavy atom. The topological polar surface area (TPSA) is 308 Å². The molecule has 0 aliphatic heterocycles. The number of nitrogens with one attached hydrogen (secondary N) is 5. The third kappa shape index (κ3) is 11.6. The standard InChI is InChI=1S/C43H39N7O13/c1-22(2)63-35-32(21-20-31(34(35)51)41(56)46-28-16-8-26(9-17-28)43(58)59)48-39(54)23-4-14-29(15-5-23)47-42(57)33(36(62-3)37(44)52)49-40(55)24-6-12-27(13-7-24)45-38(53)25-10-18-30(19-11-25)50(60)61/h4-22,33,36,51H,1-3H3,(H2,44,52)(H,45,53)(H,46,56)(H,47,57)(H,48,54)(H,49,55)(H,58,59). The van der Waals surface area contributed by atoms with Crippen LogP contribution in [0.5, 0.6) is 11.5 Å². The number of primary amides is 1. The second-order valence-corrected chi connectivity index (χ2v) is 13.7. The Hall–Kier alpha value is -8.65. The van der Waals surface area contributed by atoms with E-state index >= 15 is 0 Å². The van der Waals surface area contributed by atoms with Gasteiger partial charge in [-0.25, -0.2) is 4.79 Å². The fourth-order valence-electron chi connectivity index (χ4n) is 5.78. The predicted molar refractivity (Wildman–Crippen MR) is 227 cm³/mol. The Morgan fingerprint density at radius 2 is 1.10 bits per heavy atom. The van der Waals surface area contributed by atoms with E-state index in [1.807, 2.05) is 0 Å². The highest BCUT2D eigenvalue weighted by Gasteiger charge is 2.34. The van der Waals surface area contributed by atoms with E-state index in [1.54, 1.807) is 13.8 Å². The number of anilines is 4. The Morgan fingerprint density at radius 3 is 1.57 bits per heavy atom. The van der Waals surface area contributed by atoms with Gasteiger partial charge in [-0.2, -0.15) is 0 Å². The molecule has 6 amide bonds. The van der Waals surface area contributed by atoms with Crippen LogP contribution in [-0.4, -0.2) is 81.9 Å². The molecule has 0 aliphatic rings. The van der Waals surface area contributed by atoms with Crippen LogP contribution in [0.2, 0.25) is 0 Å². The van der Waals surface area contributed by atoms with Crippen molar-refractivity contribution in [2.75, 3.05) is 28.4 Å². The van der Waals surface area contributed by atoms with Gasteiger partial charge in [0.05, 0.1) is 27.8 Å². The second-order valence-electron chi connectivity index (χ2n) is 13.7. The van der Waals surface area contributed by atoms with Crippen molar-refractivity contribution in [3.8, 4) is 11.5 Å². The van der Waals surface area contributed by atoms with E-state index in [1.165, 1.54) is 109 Å². The van der Waals surface area contributed by atoms with Gasteiger partial charge in [-0.1, -0.05) is 0 Å². The van der Waals surface area contributed by atoms with Crippen molar-refractivity contribution in [1.82, 2.24) is 5.32 Å². The number of hydrogen-bond donors (Lipinski definition) is 8. The number of carbonyl (C=O) groups excluding carboxylic acids is 6. The molecule has 5 aromatic carbocycles. The van der Waals surface area contributed by atoms with E-state index in [0.717, 1.165) is 7.11 Å². The lowest BCUT2D eigenvalue weighted by atomic mass is 10.1. The van der Waals surface area contributed by atoms with E-state index in [0.29, 0.717) is 0 Å². The van der Waals surface area contributed by atoms with Crippen LogP contribution in [0.15, 0.2) is 109 Å². The maximum atomic E-state index is 13.5. The van der Waals surface area contributed by atoms with Gasteiger partial charge in [0.1, 0.15) is 6.04 Å². The molecule has 2 atom stereocenters. The number of amides is 6. The summed E-state index contributed by atoms with van der Waals surface area (Å²) in [6.45, 7) is 3.33. The molecule has 9 N–H and O–H groups in total. The largest absolute Gasteiger partial charge is 0.504 e. The van der Waals surface area contributed by atoms with E-state index in [-0.39, 0.29) is 62.0 Å². The first kappa shape index (κ1) is 45.4. The molecular formula is C43H39N7O13. The summed E-state index contributed by atoms with van der Waals surface area (Å²) in [5.41, 5.74) is 6.05. The predicted octanol–water partition coefficient (Wildman–Crippen LogP) is 4.78. The van der Waals surface area contributed by atoms with Gasteiger partial charge in [0.25, 0.3) is 29.3 Å². The van der Waals surface area contributed by atoms with Crippen molar-refractivity contribution in [3.05, 3.63) is 147 Å². The number of benzene rings is 5. The number of nitro groups is 1. The molecular weight excluding hydrogens is 823 g/mol. The van der Waals surface area contributed by atoms with Gasteiger partial charge in [0.2, 0.25) is 11.8 Å². The number of aromatic carboxylic acids is 1. The average molecular weight is 862 g/mol. The number of carboxylic acids is 1. The van der Waals surface area contributed by atoms with Crippen LogP contribution in [0.25, 0.3) is 0 Å². The van der Waals surface area contributed by atoms with Crippen LogP contribution in [0, 0.1) is 10.1 Å². The SMILES string of the molecule is COC(C(N)=O)C(NC(=O)c1ccc(NC(=O)c2ccc([N+](=O)[O-])cc2)cc1)C(=O)Nc1ccc(C(=O)Nc2ccc(C(=O)Nc3ccc(C(=O)O)cc3)c(O)c2OC(C)C)cc1. The molecule has 0 saturated heterocycles. The number of phenols is 1. The molecule has 20 heteroatoms. The zero-order valence-electron chi connectivity index (χ0n) is 33.5. The van der Waals surface area contributed by atoms with Gasteiger partial charge in [-0.05, 0) is 111 Å². The van der Waals surface area contributed by atoms with E-state index in [9.17, 15) is 48.8 Å². The van der Waals surface area contributed by atoms with Crippen LogP contribution >= 0.6 is 0 Å². The molecule has 0 bridgehead atoms. The minimum Gasteiger partial charge on any atom is -0.504 e. The van der Waals surface area contributed by atoms with Crippen molar-refractivity contribution in [2.45, 2.75) is 32.1 Å². The fourth-order valence-corrected chi connectivity index (χ4v) is 5.78. The normalized spacial score (nSPS) is 11.6. The number of carbonyl (C=O) groups is 7. The van der Waals surface area contributed by atoms with Crippen molar-refractivity contribution in [3.63, 3.8) is 0 Å². The third-order valence-electron chi connectivity index (χ3n) is 8.93. The number of nitro benzene ring substituents is 1. The number of nitrogens with two attached hydrogens (primary N) is 1. The molecule has 0 spiro atoms. The maximum absolute atomic E-state index is 13.5. The number of ether oxygens (including phenoxy) is 2. The molecule has 0 heterocycles. The third-order valence-corrected chi connectivity index (χ3v) is 8.93. The molecule has 0 aliphatic carbocycles. The van der Waals surface area contributed by atoms with Crippen molar-refractivity contribution in [1.29, 1.82) is 0 Å². The van der Waals surface area contributed by atoms with Crippen LogP contribution < -0.4 is 37.1 Å². The lowest BCUT2D eigenvalue weighted by molar-refractivity contribution is -0.384. The zero-order valence-corrected chi connectivity index (χ0v) is 33.5. The molecule has 0 fully saturated rings. The Balaban J connectivity index is 1.25. The fraction of sp³-hybridized carbons (Fsp3) is 0.140. The molecule has 2 unspecified atom stereocenters. The highest BCUT2D eigenvalue weighted by Crippen LogP contribution is 2.39. The van der Waals surface area contributed by atoms with Crippen molar-refractivity contribution < 1.29 is 58.2 Å². The number of hydrogen-bond acceptors (Lipinski definition) is 12. The molecule has 0 aromatic heterocycles. The maximum Gasteiger partial charge on any atom is 0.335 e. The second kappa shape index (κ2) is 20.1. The van der Waals surface area contributed by atoms with Crippen LogP contribution in [0.3, 0.4) is 0 Å². The summed E-state index contributed by atoms with van der Waals surface area (Å²) in [7, 11) is 1.11. The summed E-state index contributed by atoms with van der Waals surface area (Å²) in [6.07, 6.45) is -2.13. The summed E-state index contributed by atoms with van der Waals surface area (Å²) in [5, 5.41) is 43.9. The van der Waals surface area contributed by atoms with Crippen LogP contribution in [-0.2, 0) is 14.3 Å². The number of phenolic OH excluding ortho intramolecular Hbond substituents is 1. The first-order valence-corrected chi connectivity index (χ1v) is 18.6. The quantitative estimate of drug-likeness (QED) is 0.0462. The summed E-state index contributed by atoms with van der Waals surface area (Å²) >= 11 is 0. The lowest BCUT2D eigenvalue weighted by Crippen LogP contribution is -2.56. The number of carboxylic acid groups (broad SMARTS) is 1. The van der Waals surface area contributed by atoms with Gasteiger partial charge < -0.3 is 52.0 Å². The molecule has 5 aromatic rings. The highest BCUT2D eigenvalue weighted by molar-refractivity contribution is 6.10. The van der Waals surface area contributed by atoms with Crippen molar-refractivity contribution >= 4 is 69.8 Å². The minimum atomic E-state index is -1.65. The number of aromatic hydroxyl groups is 1. The molecule has 20 nitrogen and oxygen atoms in total. The summed E-state index contributed by atoms with van der Waals surface area (Å²) in [5.74, 6) is -6.69. The lowest BCUT2D eigenvalue weighted by Gasteiger charge is -2.24. The van der Waals surface area contributed by atoms with Gasteiger partial charge >= 0.3 is 5.97 Å². The zero-order chi connectivity index (χ0) is 46.0. The monoisotopic (exact) mass is 861 g/mol. The molecule has 0 radical (unpaired) electrons. The van der Waals surface area contributed by atoms with Gasteiger partial charge in [0.15, 0.2) is 17.6 Å². The molecule has 324 valence electrons. The Labute approximate surface area is 357 Å². The van der Waals surface area contributed by atoms with E-state index in [2.05, 4.69) is 26.6 Å². The first-order valence-electron chi connectivity index (χ1n) is 18.6. The number of nitrogens with zero attached hydrogens (tertiary/aromatic N) is 1. The van der Waals surface area contributed by atoms with Gasteiger partial charge in [-0.15, -0.1) is 0 Å². The number of methoxy groups -OCH3 is 1.